The topological polar surface area (TPSA) is 38.3 Å². The average Bonchev–Trinajstić information content (AvgIpc) is 2.32. The smallest absolute Gasteiger partial charge is 0.246 e. The Hall–Kier alpha value is -0.220. The molecule has 96 valence electrons. The molecule has 3 nitrogen and oxygen atoms in total. The van der Waals surface area contributed by atoms with E-state index < -0.39 is 0 Å². The van der Waals surface area contributed by atoms with E-state index in [-0.39, 0.29) is 17.3 Å². The van der Waals surface area contributed by atoms with Crippen LogP contribution in [-0.2, 0) is 9.53 Å². The van der Waals surface area contributed by atoms with Crippen molar-refractivity contribution >= 4 is 17.7 Å². The molecule has 4 heteroatoms. The van der Waals surface area contributed by atoms with Crippen LogP contribution in [-0.4, -0.2) is 36.7 Å². The first-order valence-electron chi connectivity index (χ1n) is 6.03. The van der Waals surface area contributed by atoms with Crippen LogP contribution in [0, 0.1) is 0 Å². The lowest BCUT2D eigenvalue weighted by Gasteiger charge is -2.29. The highest BCUT2D eigenvalue weighted by Gasteiger charge is 2.25. The molecule has 0 unspecified atom stereocenters. The van der Waals surface area contributed by atoms with Crippen molar-refractivity contribution in [1.82, 2.24) is 5.32 Å². The summed E-state index contributed by atoms with van der Waals surface area (Å²) >= 11 is 1.83. The fourth-order valence-corrected chi connectivity index (χ4v) is 2.27. The highest BCUT2D eigenvalue weighted by atomic mass is 32.2. The number of hydrogen-bond donors (Lipinski definition) is 1. The van der Waals surface area contributed by atoms with E-state index in [0.717, 1.165) is 25.8 Å². The quantitative estimate of drug-likeness (QED) is 0.636. The Morgan fingerprint density at radius 3 is 2.38 bits per heavy atom. The zero-order valence-corrected chi connectivity index (χ0v) is 11.8. The first-order chi connectivity index (χ1) is 7.64. The van der Waals surface area contributed by atoms with E-state index in [1.54, 1.807) is 0 Å². The summed E-state index contributed by atoms with van der Waals surface area (Å²) in [5.41, 5.74) is 0. The summed E-state index contributed by atoms with van der Waals surface area (Å²) in [4.78, 5) is 11.5. The van der Waals surface area contributed by atoms with Gasteiger partial charge in [0.15, 0.2) is 0 Å². The van der Waals surface area contributed by atoms with Gasteiger partial charge in [-0.1, -0.05) is 20.8 Å². The first kappa shape index (κ1) is 15.8. The largest absolute Gasteiger partial charge is 0.372 e. The molecule has 0 fully saturated rings. The summed E-state index contributed by atoms with van der Waals surface area (Å²) in [5.74, 6) is -0.00576. The van der Waals surface area contributed by atoms with Crippen LogP contribution in [0.15, 0.2) is 0 Å². The second kappa shape index (κ2) is 8.88. The molecular weight excluding hydrogens is 222 g/mol. The second-order valence-corrected chi connectivity index (χ2v) is 5.20. The molecule has 0 aromatic carbocycles. The number of carbonyl (C=O) groups excluding carboxylic acids is 1. The summed E-state index contributed by atoms with van der Waals surface area (Å²) in [5, 5.41) is 2.95. The summed E-state index contributed by atoms with van der Waals surface area (Å²) in [6.45, 7) is 7.94. The maximum atomic E-state index is 11.5. The van der Waals surface area contributed by atoms with Crippen LogP contribution >= 0.6 is 11.8 Å². The van der Waals surface area contributed by atoms with E-state index >= 15 is 0 Å². The van der Waals surface area contributed by atoms with Gasteiger partial charge < -0.3 is 10.1 Å². The van der Waals surface area contributed by atoms with Crippen LogP contribution in [0.2, 0.25) is 0 Å². The second-order valence-electron chi connectivity index (χ2n) is 3.92. The third-order valence-electron chi connectivity index (χ3n) is 2.91. The number of hydrogen-bond acceptors (Lipinski definition) is 3. The minimum atomic E-state index is -0.00576. The number of ether oxygens (including phenoxy) is 1. The third-order valence-corrected chi connectivity index (χ3v) is 4.50. The number of carbonyl (C=O) groups is 1. The Morgan fingerprint density at radius 1 is 1.31 bits per heavy atom. The maximum Gasteiger partial charge on any atom is 0.246 e. The summed E-state index contributed by atoms with van der Waals surface area (Å²) < 4.78 is 5.37. The summed E-state index contributed by atoms with van der Waals surface area (Å²) in [7, 11) is 0. The number of thioether (sulfide) groups is 1. The van der Waals surface area contributed by atoms with Crippen LogP contribution in [0.1, 0.15) is 40.0 Å². The molecule has 0 saturated heterocycles. The zero-order valence-electron chi connectivity index (χ0n) is 11.0. The lowest BCUT2D eigenvalue weighted by molar-refractivity contribution is -0.125. The van der Waals surface area contributed by atoms with Crippen LogP contribution in [0.3, 0.4) is 0 Å². The molecule has 0 bridgehead atoms. The van der Waals surface area contributed by atoms with Crippen molar-refractivity contribution in [2.45, 2.75) is 44.8 Å². The molecule has 0 rings (SSSR count). The Bertz CT molecular complexity index is 185. The standard InChI is InChI=1S/C12H25NO2S/c1-5-8-15-9-11(14)13-10-12(6-2,7-3)16-4/h5-10H2,1-4H3,(H,13,14). The van der Waals surface area contributed by atoms with Gasteiger partial charge in [-0.15, -0.1) is 0 Å². The van der Waals surface area contributed by atoms with Crippen LogP contribution in [0.5, 0.6) is 0 Å². The molecular formula is C12H25NO2S. The fourth-order valence-electron chi connectivity index (χ4n) is 1.48. The van der Waals surface area contributed by atoms with E-state index in [9.17, 15) is 4.79 Å². The molecule has 0 aliphatic rings. The molecule has 0 saturated carbocycles. The van der Waals surface area contributed by atoms with Crippen LogP contribution in [0.4, 0.5) is 0 Å². The molecule has 0 aliphatic carbocycles. The van der Waals surface area contributed by atoms with Gasteiger partial charge in [-0.2, -0.15) is 11.8 Å². The van der Waals surface area contributed by atoms with E-state index in [1.165, 1.54) is 0 Å². The lowest BCUT2D eigenvalue weighted by Crippen LogP contribution is -2.41. The molecule has 0 aromatic heterocycles. The van der Waals surface area contributed by atoms with Crippen molar-refractivity contribution in [3.8, 4) is 0 Å². The highest BCUT2D eigenvalue weighted by molar-refractivity contribution is 8.00. The molecule has 0 spiro atoms. The van der Waals surface area contributed by atoms with Crippen LogP contribution < -0.4 is 5.32 Å². The van der Waals surface area contributed by atoms with Gasteiger partial charge in [0.25, 0.3) is 0 Å². The zero-order chi connectivity index (χ0) is 12.4. The van der Waals surface area contributed by atoms with Crippen molar-refractivity contribution in [3.05, 3.63) is 0 Å². The van der Waals surface area contributed by atoms with Gasteiger partial charge in [-0.3, -0.25) is 4.79 Å². The fraction of sp³-hybridized carbons (Fsp3) is 0.917. The minimum Gasteiger partial charge on any atom is -0.372 e. The highest BCUT2D eigenvalue weighted by Crippen LogP contribution is 2.29. The van der Waals surface area contributed by atoms with Crippen molar-refractivity contribution < 1.29 is 9.53 Å². The summed E-state index contributed by atoms with van der Waals surface area (Å²) in [6.07, 6.45) is 5.19. The molecule has 0 heterocycles. The van der Waals surface area contributed by atoms with Crippen molar-refractivity contribution in [2.75, 3.05) is 26.0 Å². The van der Waals surface area contributed by atoms with E-state index in [0.29, 0.717) is 6.61 Å². The minimum absolute atomic E-state index is 0.00576. The molecule has 1 N–H and O–H groups in total. The maximum absolute atomic E-state index is 11.5. The Labute approximate surface area is 104 Å². The third kappa shape index (κ3) is 5.75. The predicted molar refractivity (Wildman–Crippen MR) is 70.9 cm³/mol. The van der Waals surface area contributed by atoms with Gasteiger partial charge >= 0.3 is 0 Å². The number of rotatable bonds is 9. The van der Waals surface area contributed by atoms with E-state index in [4.69, 9.17) is 4.74 Å². The van der Waals surface area contributed by atoms with Crippen LogP contribution in [0.25, 0.3) is 0 Å². The van der Waals surface area contributed by atoms with Gasteiger partial charge in [0, 0.05) is 17.9 Å². The van der Waals surface area contributed by atoms with Gasteiger partial charge in [0.2, 0.25) is 5.91 Å². The average molecular weight is 247 g/mol. The van der Waals surface area contributed by atoms with Crippen molar-refractivity contribution in [2.24, 2.45) is 0 Å². The normalized spacial score (nSPS) is 11.5. The molecule has 0 radical (unpaired) electrons. The van der Waals surface area contributed by atoms with Crippen molar-refractivity contribution in [1.29, 1.82) is 0 Å². The Balaban J connectivity index is 3.87. The van der Waals surface area contributed by atoms with Gasteiger partial charge in [0.1, 0.15) is 6.61 Å². The monoisotopic (exact) mass is 247 g/mol. The molecule has 0 aromatic rings. The Morgan fingerprint density at radius 2 is 1.94 bits per heavy atom. The lowest BCUT2D eigenvalue weighted by atomic mass is 10.0. The predicted octanol–water partition coefficient (Wildman–Crippen LogP) is 2.45. The molecule has 1 amide bonds. The molecule has 0 atom stereocenters. The van der Waals surface area contributed by atoms with Gasteiger partial charge in [-0.25, -0.2) is 0 Å². The Kier molecular flexibility index (Phi) is 8.76. The number of nitrogens with one attached hydrogen (secondary N) is 1. The van der Waals surface area contributed by atoms with Gasteiger partial charge in [-0.05, 0) is 25.5 Å². The molecule has 0 aliphatic heterocycles. The van der Waals surface area contributed by atoms with Gasteiger partial charge in [0.05, 0.1) is 0 Å². The summed E-state index contributed by atoms with van der Waals surface area (Å²) in [6, 6.07) is 0. The molecule has 16 heavy (non-hydrogen) atoms. The van der Waals surface area contributed by atoms with Crippen molar-refractivity contribution in [3.63, 3.8) is 0 Å². The SMILES string of the molecule is CCCOCC(=O)NCC(CC)(CC)SC. The number of amides is 1. The van der Waals surface area contributed by atoms with E-state index in [2.05, 4.69) is 25.4 Å². The first-order valence-corrected chi connectivity index (χ1v) is 7.26. The van der Waals surface area contributed by atoms with E-state index in [1.807, 2.05) is 18.7 Å².